The molecule has 0 spiro atoms. The second-order valence-corrected chi connectivity index (χ2v) is 4.02. The number of carbonyl (C=O) groups is 2. The third-order valence-corrected chi connectivity index (χ3v) is 2.39. The van der Waals surface area contributed by atoms with Crippen LogP contribution in [0.2, 0.25) is 0 Å². The van der Waals surface area contributed by atoms with Crippen LogP contribution in [0.1, 0.15) is 31.7 Å². The molecule has 0 radical (unpaired) electrons. The molecule has 0 unspecified atom stereocenters. The molecule has 4 heteroatoms. The Kier molecular flexibility index (Phi) is 5.93. The van der Waals surface area contributed by atoms with E-state index in [0.29, 0.717) is 25.8 Å². The Hall–Kier alpha value is -1.71. The van der Waals surface area contributed by atoms with Crippen LogP contribution < -0.4 is 5.32 Å². The van der Waals surface area contributed by atoms with Crippen molar-refractivity contribution in [2.24, 2.45) is 0 Å². The fourth-order valence-electron chi connectivity index (χ4n) is 1.48. The van der Waals surface area contributed by atoms with Crippen LogP contribution in [0.5, 0.6) is 0 Å². The van der Waals surface area contributed by atoms with Crippen LogP contribution >= 0.6 is 0 Å². The fraction of sp³-hybridized carbons (Fsp3) is 0.462. The van der Waals surface area contributed by atoms with Crippen LogP contribution in [0.3, 0.4) is 0 Å². The smallest absolute Gasteiger partial charge is 0.220 e. The van der Waals surface area contributed by atoms with Gasteiger partial charge in [-0.25, -0.2) is 0 Å². The van der Waals surface area contributed by atoms with Crippen molar-refractivity contribution in [3.63, 3.8) is 0 Å². The molecule has 1 aromatic heterocycles. The van der Waals surface area contributed by atoms with E-state index >= 15 is 0 Å². The minimum absolute atomic E-state index is 0.00939. The Morgan fingerprint density at radius 1 is 1.35 bits per heavy atom. The molecule has 0 saturated carbocycles. The molecule has 0 aromatic carbocycles. The van der Waals surface area contributed by atoms with Gasteiger partial charge in [0.1, 0.15) is 5.78 Å². The van der Waals surface area contributed by atoms with Gasteiger partial charge in [-0.2, -0.15) is 0 Å². The number of amides is 1. The summed E-state index contributed by atoms with van der Waals surface area (Å²) in [5.41, 5.74) is 1.11. The SMILES string of the molecule is CC(=O)CCCC(=O)NCCc1cccnc1. The molecular weight excluding hydrogens is 216 g/mol. The monoisotopic (exact) mass is 234 g/mol. The highest BCUT2D eigenvalue weighted by molar-refractivity contribution is 5.78. The average Bonchev–Trinajstić information content (AvgIpc) is 2.30. The van der Waals surface area contributed by atoms with Gasteiger partial charge in [0.05, 0.1) is 0 Å². The first-order valence-corrected chi connectivity index (χ1v) is 5.83. The molecule has 1 rings (SSSR count). The summed E-state index contributed by atoms with van der Waals surface area (Å²) in [5.74, 6) is 0.142. The number of hydrogen-bond acceptors (Lipinski definition) is 3. The Morgan fingerprint density at radius 3 is 2.82 bits per heavy atom. The highest BCUT2D eigenvalue weighted by atomic mass is 16.1. The maximum atomic E-state index is 11.4. The lowest BCUT2D eigenvalue weighted by molar-refractivity contribution is -0.121. The largest absolute Gasteiger partial charge is 0.356 e. The molecule has 1 aromatic rings. The minimum Gasteiger partial charge on any atom is -0.356 e. The maximum Gasteiger partial charge on any atom is 0.220 e. The van der Waals surface area contributed by atoms with Gasteiger partial charge in [-0.05, 0) is 31.4 Å². The molecule has 1 amide bonds. The number of carbonyl (C=O) groups excluding carboxylic acids is 2. The van der Waals surface area contributed by atoms with E-state index in [1.807, 2.05) is 12.1 Å². The second kappa shape index (κ2) is 7.54. The van der Waals surface area contributed by atoms with Crippen LogP contribution in [-0.2, 0) is 16.0 Å². The summed E-state index contributed by atoms with van der Waals surface area (Å²) in [6.45, 7) is 2.16. The van der Waals surface area contributed by atoms with Gasteiger partial charge >= 0.3 is 0 Å². The van der Waals surface area contributed by atoms with E-state index < -0.39 is 0 Å². The van der Waals surface area contributed by atoms with E-state index in [9.17, 15) is 9.59 Å². The molecule has 17 heavy (non-hydrogen) atoms. The molecule has 0 atom stereocenters. The van der Waals surface area contributed by atoms with Crippen LogP contribution in [-0.4, -0.2) is 23.2 Å². The first-order chi connectivity index (χ1) is 8.18. The second-order valence-electron chi connectivity index (χ2n) is 4.02. The average molecular weight is 234 g/mol. The highest BCUT2D eigenvalue weighted by Gasteiger charge is 2.02. The number of ketones is 1. The number of Topliss-reactive ketones (excluding diaryl/α,β-unsaturated/α-hetero) is 1. The summed E-state index contributed by atoms with van der Waals surface area (Å²) in [4.78, 5) is 26.1. The molecule has 0 fully saturated rings. The van der Waals surface area contributed by atoms with Crippen LogP contribution in [0.4, 0.5) is 0 Å². The number of hydrogen-bond donors (Lipinski definition) is 1. The molecule has 0 aliphatic heterocycles. The van der Waals surface area contributed by atoms with E-state index in [1.54, 1.807) is 19.3 Å². The summed E-state index contributed by atoms with van der Waals surface area (Å²) >= 11 is 0. The van der Waals surface area contributed by atoms with Gasteiger partial charge in [0, 0.05) is 31.8 Å². The van der Waals surface area contributed by atoms with Gasteiger partial charge in [0.15, 0.2) is 0 Å². The molecule has 1 N–H and O–H groups in total. The normalized spacial score (nSPS) is 9.94. The topological polar surface area (TPSA) is 59.1 Å². The summed E-state index contributed by atoms with van der Waals surface area (Å²) < 4.78 is 0. The van der Waals surface area contributed by atoms with E-state index in [1.165, 1.54) is 0 Å². The molecule has 0 bridgehead atoms. The maximum absolute atomic E-state index is 11.4. The van der Waals surface area contributed by atoms with Crippen molar-refractivity contribution in [3.8, 4) is 0 Å². The van der Waals surface area contributed by atoms with Gasteiger partial charge in [0.2, 0.25) is 5.91 Å². The van der Waals surface area contributed by atoms with Crippen molar-refractivity contribution in [1.82, 2.24) is 10.3 Å². The van der Waals surface area contributed by atoms with Crippen LogP contribution in [0.25, 0.3) is 0 Å². The van der Waals surface area contributed by atoms with Gasteiger partial charge in [-0.1, -0.05) is 6.07 Å². The standard InChI is InChI=1S/C13H18N2O2/c1-11(16)4-2-6-13(17)15-9-7-12-5-3-8-14-10-12/h3,5,8,10H,2,4,6-7,9H2,1H3,(H,15,17). The zero-order valence-corrected chi connectivity index (χ0v) is 10.1. The molecular formula is C13H18N2O2. The Labute approximate surface area is 101 Å². The Morgan fingerprint density at radius 2 is 2.18 bits per heavy atom. The van der Waals surface area contributed by atoms with Gasteiger partial charge < -0.3 is 10.1 Å². The predicted octanol–water partition coefficient (Wildman–Crippen LogP) is 1.50. The van der Waals surface area contributed by atoms with Gasteiger partial charge in [-0.3, -0.25) is 9.78 Å². The summed E-state index contributed by atoms with van der Waals surface area (Å²) in [5, 5.41) is 2.83. The minimum atomic E-state index is 0.00939. The quantitative estimate of drug-likeness (QED) is 0.777. The Balaban J connectivity index is 2.10. The number of pyridine rings is 1. The van der Waals surface area contributed by atoms with Crippen LogP contribution in [0.15, 0.2) is 24.5 Å². The van der Waals surface area contributed by atoms with Crippen molar-refractivity contribution in [1.29, 1.82) is 0 Å². The van der Waals surface area contributed by atoms with Crippen LogP contribution in [0, 0.1) is 0 Å². The van der Waals surface area contributed by atoms with E-state index in [4.69, 9.17) is 0 Å². The molecule has 4 nitrogen and oxygen atoms in total. The first-order valence-electron chi connectivity index (χ1n) is 5.83. The van der Waals surface area contributed by atoms with Crippen molar-refractivity contribution in [2.45, 2.75) is 32.6 Å². The zero-order valence-electron chi connectivity index (χ0n) is 10.1. The lowest BCUT2D eigenvalue weighted by Crippen LogP contribution is -2.25. The zero-order chi connectivity index (χ0) is 12.5. The third kappa shape index (κ3) is 6.45. The fourth-order valence-corrected chi connectivity index (χ4v) is 1.48. The number of nitrogens with zero attached hydrogens (tertiary/aromatic N) is 1. The molecule has 1 heterocycles. The predicted molar refractivity (Wildman–Crippen MR) is 65.5 cm³/mol. The molecule has 0 aliphatic rings. The molecule has 0 aliphatic carbocycles. The van der Waals surface area contributed by atoms with Crippen molar-refractivity contribution < 1.29 is 9.59 Å². The summed E-state index contributed by atoms with van der Waals surface area (Å²) in [6.07, 6.45) is 5.84. The number of nitrogens with one attached hydrogen (secondary N) is 1. The van der Waals surface area contributed by atoms with E-state index in [2.05, 4.69) is 10.3 Å². The van der Waals surface area contributed by atoms with Gasteiger partial charge in [0.25, 0.3) is 0 Å². The van der Waals surface area contributed by atoms with Gasteiger partial charge in [-0.15, -0.1) is 0 Å². The van der Waals surface area contributed by atoms with E-state index in [0.717, 1.165) is 12.0 Å². The van der Waals surface area contributed by atoms with Crippen molar-refractivity contribution >= 4 is 11.7 Å². The molecule has 0 saturated heterocycles. The summed E-state index contributed by atoms with van der Waals surface area (Å²) in [7, 11) is 0. The highest BCUT2D eigenvalue weighted by Crippen LogP contribution is 1.98. The number of aromatic nitrogens is 1. The third-order valence-electron chi connectivity index (χ3n) is 2.39. The van der Waals surface area contributed by atoms with Crippen molar-refractivity contribution in [3.05, 3.63) is 30.1 Å². The number of rotatable bonds is 7. The molecule has 92 valence electrons. The van der Waals surface area contributed by atoms with Crippen molar-refractivity contribution in [2.75, 3.05) is 6.54 Å². The van der Waals surface area contributed by atoms with E-state index in [-0.39, 0.29) is 11.7 Å². The lowest BCUT2D eigenvalue weighted by Gasteiger charge is -2.04. The lowest BCUT2D eigenvalue weighted by atomic mass is 10.2. The first kappa shape index (κ1) is 13.4. The summed E-state index contributed by atoms with van der Waals surface area (Å²) in [6, 6.07) is 3.86. The Bertz CT molecular complexity index is 363.